The summed E-state index contributed by atoms with van der Waals surface area (Å²) >= 11 is 0. The van der Waals surface area contributed by atoms with E-state index in [4.69, 9.17) is 15.2 Å². The number of benzene rings is 3. The van der Waals surface area contributed by atoms with E-state index in [1.54, 1.807) is 0 Å². The van der Waals surface area contributed by atoms with Crippen LogP contribution in [-0.2, 0) is 22.6 Å². The average Bonchev–Trinajstić information content (AvgIpc) is 3.33. The van der Waals surface area contributed by atoms with Gasteiger partial charge >= 0.3 is 5.69 Å². The lowest BCUT2D eigenvalue weighted by Gasteiger charge is -2.40. The van der Waals surface area contributed by atoms with Crippen LogP contribution in [-0.4, -0.2) is 45.3 Å². The largest absolute Gasteiger partial charge is 0.392 e. The van der Waals surface area contributed by atoms with Gasteiger partial charge in [-0.25, -0.2) is 4.79 Å². The van der Waals surface area contributed by atoms with E-state index in [-0.39, 0.29) is 30.5 Å². The number of hydrogen-bond acceptors (Lipinski definition) is 6. The number of para-hydroxylation sites is 2. The van der Waals surface area contributed by atoms with Crippen molar-refractivity contribution >= 4 is 11.0 Å². The van der Waals surface area contributed by atoms with E-state index in [0.717, 1.165) is 72.2 Å². The third-order valence-corrected chi connectivity index (χ3v) is 8.11. The summed E-state index contributed by atoms with van der Waals surface area (Å²) in [5, 5.41) is 9.46. The second-order valence-electron chi connectivity index (χ2n) is 10.6. The predicted octanol–water partition coefficient (Wildman–Crippen LogP) is 4.16. The first-order chi connectivity index (χ1) is 19.1. The molecule has 0 amide bonds. The van der Waals surface area contributed by atoms with E-state index < -0.39 is 6.29 Å². The zero-order chi connectivity index (χ0) is 26.8. The second-order valence-corrected chi connectivity index (χ2v) is 10.6. The summed E-state index contributed by atoms with van der Waals surface area (Å²) in [5.41, 5.74) is 11.7. The molecular weight excluding hydrogens is 492 g/mol. The van der Waals surface area contributed by atoms with E-state index >= 15 is 0 Å². The van der Waals surface area contributed by atoms with Crippen LogP contribution in [0, 0.1) is 0 Å². The number of aliphatic hydroxyl groups is 1. The Morgan fingerprint density at radius 2 is 1.59 bits per heavy atom. The summed E-state index contributed by atoms with van der Waals surface area (Å²) in [4.78, 5) is 18.1. The van der Waals surface area contributed by atoms with E-state index in [0.29, 0.717) is 6.54 Å². The Morgan fingerprint density at radius 1 is 0.897 bits per heavy atom. The SMILES string of the molecule is NCc1ccc(C2O[C@H](CN3CCC(n4c(=O)[nH]c5ccccc54)CC3)C[C@H](c3ccc(CO)cc3)O2)cc1. The molecule has 2 fully saturated rings. The fourth-order valence-corrected chi connectivity index (χ4v) is 5.93. The minimum absolute atomic E-state index is 0.00665. The zero-order valence-electron chi connectivity index (χ0n) is 22.0. The molecule has 0 bridgehead atoms. The molecule has 3 aromatic carbocycles. The van der Waals surface area contributed by atoms with Gasteiger partial charge in [-0.15, -0.1) is 0 Å². The van der Waals surface area contributed by atoms with Crippen LogP contribution in [0.25, 0.3) is 11.0 Å². The summed E-state index contributed by atoms with van der Waals surface area (Å²) in [6, 6.07) is 24.2. The average molecular weight is 529 g/mol. The van der Waals surface area contributed by atoms with Crippen LogP contribution in [0.5, 0.6) is 0 Å². The number of aromatic nitrogens is 2. The van der Waals surface area contributed by atoms with E-state index in [1.165, 1.54) is 0 Å². The number of rotatable bonds is 7. The van der Waals surface area contributed by atoms with Crippen molar-refractivity contribution in [2.24, 2.45) is 5.73 Å². The molecule has 8 nitrogen and oxygen atoms in total. The van der Waals surface area contributed by atoms with E-state index in [1.807, 2.05) is 77.4 Å². The molecule has 4 aromatic rings. The lowest BCUT2D eigenvalue weighted by molar-refractivity contribution is -0.253. The Balaban J connectivity index is 1.16. The number of aromatic amines is 1. The van der Waals surface area contributed by atoms with Crippen molar-refractivity contribution in [3.05, 3.63) is 106 Å². The monoisotopic (exact) mass is 528 g/mol. The predicted molar refractivity (Wildman–Crippen MR) is 150 cm³/mol. The molecule has 2 aliphatic rings. The first-order valence-corrected chi connectivity index (χ1v) is 13.8. The van der Waals surface area contributed by atoms with Gasteiger partial charge in [-0.05, 0) is 41.7 Å². The lowest BCUT2D eigenvalue weighted by Crippen LogP contribution is -2.43. The van der Waals surface area contributed by atoms with Crippen molar-refractivity contribution < 1.29 is 14.6 Å². The Bertz CT molecular complexity index is 1380. The van der Waals surface area contributed by atoms with Crippen LogP contribution in [0.2, 0.25) is 0 Å². The number of nitrogens with zero attached hydrogens (tertiary/aromatic N) is 2. The highest BCUT2D eigenvalue weighted by Gasteiger charge is 2.34. The molecule has 2 saturated heterocycles. The van der Waals surface area contributed by atoms with Crippen LogP contribution < -0.4 is 11.4 Å². The van der Waals surface area contributed by atoms with E-state index in [2.05, 4.69) is 9.88 Å². The topological polar surface area (TPSA) is 106 Å². The van der Waals surface area contributed by atoms with Gasteiger partial charge in [-0.2, -0.15) is 0 Å². The Morgan fingerprint density at radius 3 is 2.31 bits per heavy atom. The first kappa shape index (κ1) is 26.0. The van der Waals surface area contributed by atoms with Crippen molar-refractivity contribution in [3.63, 3.8) is 0 Å². The fraction of sp³-hybridized carbons (Fsp3) is 0.387. The molecule has 6 rings (SSSR count). The standard InChI is InChI=1S/C31H36N4O4/c32-18-21-5-11-24(12-6-21)30-38-26(17-29(39-30)23-9-7-22(20-36)8-10-23)19-34-15-13-25(14-16-34)35-28-4-2-1-3-27(28)33-31(35)37/h1-12,25-26,29-30,36H,13-20,32H2,(H,33,37)/t26-,29+,30?/m0/s1. The minimum atomic E-state index is -0.472. The van der Waals surface area contributed by atoms with Crippen LogP contribution >= 0.6 is 0 Å². The van der Waals surface area contributed by atoms with Crippen LogP contribution in [0.4, 0.5) is 0 Å². The van der Waals surface area contributed by atoms with Crippen molar-refractivity contribution in [1.29, 1.82) is 0 Å². The van der Waals surface area contributed by atoms with Gasteiger partial charge in [-0.3, -0.25) is 4.57 Å². The third-order valence-electron chi connectivity index (χ3n) is 8.11. The number of likely N-dealkylation sites (tertiary alicyclic amines) is 1. The van der Waals surface area contributed by atoms with Gasteiger partial charge in [-0.1, -0.05) is 60.7 Å². The van der Waals surface area contributed by atoms with Gasteiger partial charge in [0.1, 0.15) is 0 Å². The summed E-state index contributed by atoms with van der Waals surface area (Å²) in [7, 11) is 0. The van der Waals surface area contributed by atoms with Gasteiger partial charge in [0, 0.05) is 44.2 Å². The third kappa shape index (κ3) is 5.57. The molecule has 4 N–H and O–H groups in total. The molecule has 0 radical (unpaired) electrons. The van der Waals surface area contributed by atoms with Gasteiger partial charge in [0.05, 0.1) is 29.8 Å². The van der Waals surface area contributed by atoms with Crippen molar-refractivity contribution in [2.45, 2.75) is 57.0 Å². The molecule has 1 aromatic heterocycles. The quantitative estimate of drug-likeness (QED) is 0.333. The highest BCUT2D eigenvalue weighted by atomic mass is 16.7. The lowest BCUT2D eigenvalue weighted by atomic mass is 9.98. The molecule has 2 aliphatic heterocycles. The smallest absolute Gasteiger partial charge is 0.326 e. The van der Waals surface area contributed by atoms with Crippen LogP contribution in [0.15, 0.2) is 77.6 Å². The maximum atomic E-state index is 12.7. The summed E-state index contributed by atoms with van der Waals surface area (Å²) in [5.74, 6) is 0. The fourth-order valence-electron chi connectivity index (χ4n) is 5.93. The van der Waals surface area contributed by atoms with Gasteiger partial charge in [0.2, 0.25) is 0 Å². The number of H-pyrrole nitrogens is 1. The van der Waals surface area contributed by atoms with E-state index in [9.17, 15) is 9.90 Å². The summed E-state index contributed by atoms with van der Waals surface area (Å²) in [6.07, 6.45) is 1.99. The molecule has 204 valence electrons. The van der Waals surface area contributed by atoms with Gasteiger partial charge in [0.15, 0.2) is 6.29 Å². The Kier molecular flexibility index (Phi) is 7.63. The Labute approximate surface area is 228 Å². The minimum Gasteiger partial charge on any atom is -0.392 e. The number of nitrogens with two attached hydrogens (primary N) is 1. The summed E-state index contributed by atoms with van der Waals surface area (Å²) in [6.45, 7) is 3.14. The number of fused-ring (bicyclic) bond motifs is 1. The highest BCUT2D eigenvalue weighted by molar-refractivity contribution is 5.75. The number of piperidine rings is 1. The number of ether oxygens (including phenoxy) is 2. The maximum absolute atomic E-state index is 12.7. The molecular formula is C31H36N4O4. The molecule has 39 heavy (non-hydrogen) atoms. The highest BCUT2D eigenvalue weighted by Crippen LogP contribution is 2.38. The molecule has 8 heteroatoms. The zero-order valence-corrected chi connectivity index (χ0v) is 22.0. The molecule has 0 saturated carbocycles. The molecule has 0 aliphatic carbocycles. The van der Waals surface area contributed by atoms with Crippen molar-refractivity contribution in [3.8, 4) is 0 Å². The Hall–Kier alpha value is -3.27. The summed E-state index contributed by atoms with van der Waals surface area (Å²) < 4.78 is 14.9. The van der Waals surface area contributed by atoms with Crippen molar-refractivity contribution in [1.82, 2.24) is 14.5 Å². The number of nitrogens with one attached hydrogen (secondary N) is 1. The molecule has 0 spiro atoms. The first-order valence-electron chi connectivity index (χ1n) is 13.8. The van der Waals surface area contributed by atoms with Gasteiger partial charge < -0.3 is 30.2 Å². The molecule has 3 atom stereocenters. The van der Waals surface area contributed by atoms with Crippen LogP contribution in [0.1, 0.15) is 60.0 Å². The number of imidazole rings is 1. The molecule has 1 unspecified atom stereocenters. The van der Waals surface area contributed by atoms with Gasteiger partial charge in [0.25, 0.3) is 0 Å². The maximum Gasteiger partial charge on any atom is 0.326 e. The molecule has 3 heterocycles. The second kappa shape index (κ2) is 11.5. The normalized spacial score (nSPS) is 22.9. The number of aliphatic hydroxyl groups excluding tert-OH is 1. The number of hydrogen-bond donors (Lipinski definition) is 3. The van der Waals surface area contributed by atoms with Crippen LogP contribution in [0.3, 0.4) is 0 Å². The van der Waals surface area contributed by atoms with Crippen molar-refractivity contribution in [2.75, 3.05) is 19.6 Å².